The van der Waals surface area contributed by atoms with E-state index in [-0.39, 0.29) is 5.92 Å². The molecule has 36 heavy (non-hydrogen) atoms. The van der Waals surface area contributed by atoms with Gasteiger partial charge < -0.3 is 18.7 Å². The average molecular weight is 487 g/mol. The van der Waals surface area contributed by atoms with Crippen molar-refractivity contribution >= 4 is 0 Å². The smallest absolute Gasteiger partial charge is 0.188 e. The molecule has 0 N–H and O–H groups in total. The number of para-hydroxylation sites is 1. The van der Waals surface area contributed by atoms with Gasteiger partial charge in [0.2, 0.25) is 0 Å². The van der Waals surface area contributed by atoms with Gasteiger partial charge >= 0.3 is 0 Å². The molecule has 3 saturated heterocycles. The zero-order valence-corrected chi connectivity index (χ0v) is 21.2. The van der Waals surface area contributed by atoms with Crippen molar-refractivity contribution in [2.24, 2.45) is 17.8 Å². The summed E-state index contributed by atoms with van der Waals surface area (Å²) in [5, 5.41) is 14.6. The Labute approximate surface area is 214 Å². The number of hydrogen-bond donors (Lipinski definition) is 0. The first-order valence-electron chi connectivity index (χ1n) is 13.9. The third-order valence-electron chi connectivity index (χ3n) is 9.19. The van der Waals surface area contributed by atoms with Gasteiger partial charge in [0.25, 0.3) is 0 Å². The molecule has 2 aromatic carbocycles. The Hall–Kier alpha value is -2.63. The van der Waals surface area contributed by atoms with Gasteiger partial charge in [-0.2, -0.15) is 0 Å². The van der Waals surface area contributed by atoms with E-state index in [1.54, 1.807) is 0 Å². The number of aromatic nitrogens is 1. The number of piperidine rings is 3. The fourth-order valence-electron chi connectivity index (χ4n) is 7.18. The molecule has 0 amide bonds. The third-order valence-corrected chi connectivity index (χ3v) is 9.19. The first kappa shape index (κ1) is 23.7. The summed E-state index contributed by atoms with van der Waals surface area (Å²) in [6.07, 6.45) is 9.65. The largest absolute Gasteiger partial charge is 0.839 e. The Balaban J connectivity index is 1.20. The van der Waals surface area contributed by atoms with Gasteiger partial charge in [-0.3, -0.25) is 0 Å². The van der Waals surface area contributed by atoms with Gasteiger partial charge in [-0.1, -0.05) is 80.6 Å². The molecule has 1 aromatic heterocycles. The van der Waals surface area contributed by atoms with Crippen molar-refractivity contribution in [3.8, 4) is 5.75 Å². The lowest BCUT2D eigenvalue weighted by molar-refractivity contribution is -0.960. The Bertz CT molecular complexity index is 1120. The van der Waals surface area contributed by atoms with Crippen LogP contribution >= 0.6 is 0 Å². The van der Waals surface area contributed by atoms with Crippen LogP contribution in [0.4, 0.5) is 0 Å². The van der Waals surface area contributed by atoms with E-state index in [0.29, 0.717) is 11.8 Å². The van der Waals surface area contributed by atoms with E-state index < -0.39 is 5.60 Å². The summed E-state index contributed by atoms with van der Waals surface area (Å²) in [6.45, 7) is 5.04. The Kier molecular flexibility index (Phi) is 6.61. The molecule has 3 aromatic rings. The van der Waals surface area contributed by atoms with Gasteiger partial charge in [-0.15, -0.1) is 0 Å². The maximum atomic E-state index is 14.6. The van der Waals surface area contributed by atoms with Crippen LogP contribution in [0.3, 0.4) is 0 Å². The van der Waals surface area contributed by atoms with Crippen LogP contribution in [0, 0.1) is 17.8 Å². The van der Waals surface area contributed by atoms with Crippen molar-refractivity contribution in [1.29, 1.82) is 0 Å². The molecule has 0 spiro atoms. The Morgan fingerprint density at radius 1 is 0.917 bits per heavy atom. The molecule has 5 nitrogen and oxygen atoms in total. The van der Waals surface area contributed by atoms with Crippen molar-refractivity contribution in [3.05, 3.63) is 84.1 Å². The second-order valence-electron chi connectivity index (χ2n) is 11.4. The van der Waals surface area contributed by atoms with Crippen LogP contribution in [-0.4, -0.2) is 35.7 Å². The van der Waals surface area contributed by atoms with E-state index in [9.17, 15) is 5.11 Å². The molecule has 0 radical (unpaired) electrons. The minimum atomic E-state index is -1.42. The van der Waals surface area contributed by atoms with Crippen molar-refractivity contribution in [1.82, 2.24) is 4.98 Å². The lowest BCUT2D eigenvalue weighted by atomic mass is 9.73. The van der Waals surface area contributed by atoms with Gasteiger partial charge in [0.1, 0.15) is 12.3 Å². The highest BCUT2D eigenvalue weighted by Crippen LogP contribution is 2.43. The summed E-state index contributed by atoms with van der Waals surface area (Å²) in [5.74, 6) is 3.51. The normalized spacial score (nSPS) is 28.0. The number of benzene rings is 2. The number of nitrogens with zero attached hydrogens (tertiary/aromatic N) is 2. The number of ether oxygens (including phenoxy) is 1. The lowest BCUT2D eigenvalue weighted by Crippen LogP contribution is -2.62. The number of oxazole rings is 1. The molecule has 2 bridgehead atoms. The fraction of sp³-hybridized carbons (Fsp3) is 0.516. The molecular formula is C31H38N2O3. The molecule has 0 unspecified atom stereocenters. The maximum absolute atomic E-state index is 14.6. The summed E-state index contributed by atoms with van der Waals surface area (Å²) in [6, 6.07) is 20.0. The van der Waals surface area contributed by atoms with Gasteiger partial charge in [0.15, 0.2) is 11.7 Å². The first-order chi connectivity index (χ1) is 17.6. The molecule has 1 saturated carbocycles. The maximum Gasteiger partial charge on any atom is 0.188 e. The van der Waals surface area contributed by atoms with Crippen LogP contribution in [0.1, 0.15) is 62.2 Å². The van der Waals surface area contributed by atoms with Crippen molar-refractivity contribution in [3.63, 3.8) is 0 Å². The summed E-state index contributed by atoms with van der Waals surface area (Å²) in [5.41, 5.74) is -0.629. The van der Waals surface area contributed by atoms with Crippen LogP contribution < -0.4 is 9.84 Å². The fourth-order valence-corrected chi connectivity index (χ4v) is 7.18. The second kappa shape index (κ2) is 10.0. The van der Waals surface area contributed by atoms with Crippen LogP contribution in [0.2, 0.25) is 0 Å². The van der Waals surface area contributed by atoms with Gasteiger partial charge in [-0.25, -0.2) is 4.98 Å². The lowest BCUT2D eigenvalue weighted by Gasteiger charge is -2.52. The van der Waals surface area contributed by atoms with Crippen LogP contribution in [0.5, 0.6) is 5.75 Å². The molecule has 2 atom stereocenters. The highest BCUT2D eigenvalue weighted by Gasteiger charge is 2.47. The molecule has 7 rings (SSSR count). The van der Waals surface area contributed by atoms with E-state index in [1.165, 1.54) is 32.4 Å². The number of hydrogen-bond acceptors (Lipinski definition) is 4. The molecular weight excluding hydrogens is 448 g/mol. The van der Waals surface area contributed by atoms with Gasteiger partial charge in [0.05, 0.1) is 32.4 Å². The third kappa shape index (κ3) is 4.59. The first-order valence-corrected chi connectivity index (χ1v) is 13.9. The zero-order valence-electron chi connectivity index (χ0n) is 21.2. The van der Waals surface area contributed by atoms with E-state index in [2.05, 4.69) is 4.98 Å². The standard InChI is InChI=1S/C31H38N2O3/c34-31(26-10-4-1-5-11-26,27-12-6-2-7-13-27)30-32-20-29(36-30)22-33-18-16-24(17-19-33)25(21-33)23-35-28-14-8-3-9-15-28/h1,3-5,8-11,14-15,20,24-25,27H,2,6-7,12-13,16-19,21-23H2/t24?,25-,31+,33?/m1/s1. The van der Waals surface area contributed by atoms with E-state index in [1.807, 2.05) is 66.9 Å². The minimum Gasteiger partial charge on any atom is -0.839 e. The predicted octanol–water partition coefficient (Wildman–Crippen LogP) is 5.29. The summed E-state index contributed by atoms with van der Waals surface area (Å²) in [7, 11) is 0. The molecule has 5 heteroatoms. The molecule has 190 valence electrons. The van der Waals surface area contributed by atoms with Crippen molar-refractivity contribution < 1.29 is 18.7 Å². The topological polar surface area (TPSA) is 58.3 Å². The SMILES string of the molecule is [O-][C@](c1ccccc1)(c1ncc(C[N+]23CCC(CC2)[C@@H](COc2ccccc2)C3)o1)C1CCCCC1. The quantitative estimate of drug-likeness (QED) is 0.406. The summed E-state index contributed by atoms with van der Waals surface area (Å²) >= 11 is 0. The number of fused-ring (bicyclic) bond motifs is 3. The van der Waals surface area contributed by atoms with E-state index in [0.717, 1.165) is 72.9 Å². The second-order valence-corrected chi connectivity index (χ2v) is 11.4. The summed E-state index contributed by atoms with van der Waals surface area (Å²) in [4.78, 5) is 4.66. The average Bonchev–Trinajstić information content (AvgIpc) is 3.42. The predicted molar refractivity (Wildman–Crippen MR) is 137 cm³/mol. The number of rotatable bonds is 8. The van der Waals surface area contributed by atoms with E-state index >= 15 is 0 Å². The van der Waals surface area contributed by atoms with Gasteiger partial charge in [0, 0.05) is 18.8 Å². The highest BCUT2D eigenvalue weighted by atomic mass is 16.5. The molecule has 4 heterocycles. The van der Waals surface area contributed by atoms with Crippen molar-refractivity contribution in [2.75, 3.05) is 26.2 Å². The van der Waals surface area contributed by atoms with E-state index in [4.69, 9.17) is 9.15 Å². The Morgan fingerprint density at radius 3 is 2.33 bits per heavy atom. The van der Waals surface area contributed by atoms with Gasteiger partial charge in [-0.05, 0) is 35.1 Å². The number of quaternary nitrogens is 1. The Morgan fingerprint density at radius 2 is 1.61 bits per heavy atom. The molecule has 3 aliphatic heterocycles. The van der Waals surface area contributed by atoms with Crippen LogP contribution in [0.15, 0.2) is 71.3 Å². The zero-order chi connectivity index (χ0) is 24.4. The van der Waals surface area contributed by atoms with Crippen molar-refractivity contribution in [2.45, 2.75) is 57.1 Å². The molecule has 4 fully saturated rings. The molecule has 4 aliphatic rings. The summed E-state index contributed by atoms with van der Waals surface area (Å²) < 4.78 is 13.6. The molecule has 1 aliphatic carbocycles. The van der Waals surface area contributed by atoms with Crippen LogP contribution in [-0.2, 0) is 12.1 Å². The minimum absolute atomic E-state index is 0.0254. The van der Waals surface area contributed by atoms with Crippen LogP contribution in [0.25, 0.3) is 0 Å². The highest BCUT2D eigenvalue weighted by molar-refractivity contribution is 5.29. The monoisotopic (exact) mass is 486 g/mol.